The summed E-state index contributed by atoms with van der Waals surface area (Å²) in [4.78, 5) is 12.0. The van der Waals surface area contributed by atoms with E-state index in [4.69, 9.17) is 9.47 Å². The number of carbonyl (C=O) groups excluding carboxylic acids is 1. The topological polar surface area (TPSA) is 84.9 Å². The molecule has 0 saturated heterocycles. The van der Waals surface area contributed by atoms with Crippen LogP contribution in [0.4, 0.5) is 10.1 Å². The maximum Gasteiger partial charge on any atom is 0.232 e. The molecule has 0 unspecified atom stereocenters. The third kappa shape index (κ3) is 4.88. The highest BCUT2D eigenvalue weighted by molar-refractivity contribution is 7.92. The zero-order valence-electron chi connectivity index (χ0n) is 14.6. The van der Waals surface area contributed by atoms with Gasteiger partial charge in [0.05, 0.1) is 24.9 Å². The molecule has 1 aliphatic heterocycles. The van der Waals surface area contributed by atoms with E-state index in [1.807, 2.05) is 0 Å². The van der Waals surface area contributed by atoms with Crippen molar-refractivity contribution >= 4 is 21.6 Å². The number of rotatable bonds is 7. The Bertz CT molecular complexity index is 949. The summed E-state index contributed by atoms with van der Waals surface area (Å²) < 4.78 is 49.1. The minimum atomic E-state index is -3.56. The van der Waals surface area contributed by atoms with Gasteiger partial charge in [0.2, 0.25) is 22.7 Å². The molecule has 0 spiro atoms. The molecule has 9 heteroatoms. The van der Waals surface area contributed by atoms with Crippen LogP contribution in [0.3, 0.4) is 0 Å². The SMILES string of the molecule is CS(=O)(=O)N(CCNC(=O)Cc1cccc(F)c1)c1ccc2c(c1)OCO2. The van der Waals surface area contributed by atoms with E-state index >= 15 is 0 Å². The molecule has 1 N–H and O–H groups in total. The number of nitrogens with zero attached hydrogens (tertiary/aromatic N) is 1. The molecule has 27 heavy (non-hydrogen) atoms. The molecule has 0 radical (unpaired) electrons. The summed E-state index contributed by atoms with van der Waals surface area (Å²) >= 11 is 0. The van der Waals surface area contributed by atoms with Crippen molar-refractivity contribution in [3.8, 4) is 11.5 Å². The van der Waals surface area contributed by atoms with Crippen LogP contribution >= 0.6 is 0 Å². The number of fused-ring (bicyclic) bond motifs is 1. The zero-order valence-corrected chi connectivity index (χ0v) is 15.5. The summed E-state index contributed by atoms with van der Waals surface area (Å²) in [6.07, 6.45) is 1.10. The third-order valence-electron chi connectivity index (χ3n) is 3.94. The lowest BCUT2D eigenvalue weighted by atomic mass is 10.1. The molecule has 0 atom stereocenters. The second kappa shape index (κ2) is 7.83. The van der Waals surface area contributed by atoms with Gasteiger partial charge in [-0.1, -0.05) is 12.1 Å². The monoisotopic (exact) mass is 394 g/mol. The first kappa shape index (κ1) is 19.0. The van der Waals surface area contributed by atoms with Gasteiger partial charge in [-0.15, -0.1) is 0 Å². The van der Waals surface area contributed by atoms with Crippen molar-refractivity contribution in [2.45, 2.75) is 6.42 Å². The Morgan fingerprint density at radius 1 is 1.19 bits per heavy atom. The first-order valence-corrected chi connectivity index (χ1v) is 10.1. The molecule has 1 heterocycles. The molecule has 144 valence electrons. The van der Waals surface area contributed by atoms with Crippen molar-refractivity contribution in [2.24, 2.45) is 0 Å². The van der Waals surface area contributed by atoms with E-state index in [0.29, 0.717) is 22.7 Å². The number of hydrogen-bond acceptors (Lipinski definition) is 5. The maximum atomic E-state index is 13.2. The highest BCUT2D eigenvalue weighted by Crippen LogP contribution is 2.35. The number of anilines is 1. The van der Waals surface area contributed by atoms with Gasteiger partial charge in [0.15, 0.2) is 11.5 Å². The van der Waals surface area contributed by atoms with E-state index in [0.717, 1.165) is 6.26 Å². The van der Waals surface area contributed by atoms with Crippen molar-refractivity contribution in [3.63, 3.8) is 0 Å². The molecule has 3 rings (SSSR count). The van der Waals surface area contributed by atoms with Crippen molar-refractivity contribution in [1.29, 1.82) is 0 Å². The van der Waals surface area contributed by atoms with Gasteiger partial charge in [-0.3, -0.25) is 9.10 Å². The fraction of sp³-hybridized carbons (Fsp3) is 0.278. The fourth-order valence-electron chi connectivity index (χ4n) is 2.72. The molecule has 0 fully saturated rings. The van der Waals surface area contributed by atoms with Gasteiger partial charge in [-0.2, -0.15) is 0 Å². The van der Waals surface area contributed by atoms with E-state index in [9.17, 15) is 17.6 Å². The molecule has 1 amide bonds. The molecule has 0 aliphatic carbocycles. The van der Waals surface area contributed by atoms with Crippen molar-refractivity contribution in [1.82, 2.24) is 5.32 Å². The number of hydrogen-bond donors (Lipinski definition) is 1. The third-order valence-corrected chi connectivity index (χ3v) is 5.13. The molecule has 7 nitrogen and oxygen atoms in total. The van der Waals surface area contributed by atoms with E-state index in [1.165, 1.54) is 22.5 Å². The van der Waals surface area contributed by atoms with Gasteiger partial charge in [-0.05, 0) is 29.8 Å². The van der Waals surface area contributed by atoms with Gasteiger partial charge in [0, 0.05) is 12.6 Å². The Labute approximate surface area is 156 Å². The molecular formula is C18H19FN2O5S. The van der Waals surface area contributed by atoms with Gasteiger partial charge in [0.25, 0.3) is 0 Å². The van der Waals surface area contributed by atoms with Crippen LogP contribution in [-0.4, -0.2) is 40.5 Å². The van der Waals surface area contributed by atoms with Gasteiger partial charge in [0.1, 0.15) is 5.82 Å². The smallest absolute Gasteiger partial charge is 0.232 e. The van der Waals surface area contributed by atoms with Crippen molar-refractivity contribution in [3.05, 3.63) is 53.8 Å². The number of benzene rings is 2. The van der Waals surface area contributed by atoms with Crippen LogP contribution in [0.25, 0.3) is 0 Å². The van der Waals surface area contributed by atoms with E-state index < -0.39 is 15.8 Å². The number of halogens is 1. The van der Waals surface area contributed by atoms with Crippen LogP contribution in [0.1, 0.15) is 5.56 Å². The number of nitrogens with one attached hydrogen (secondary N) is 1. The van der Waals surface area contributed by atoms with Crippen LogP contribution < -0.4 is 19.1 Å². The molecule has 1 aliphatic rings. The standard InChI is InChI=1S/C18H19FN2O5S/c1-27(23,24)21(15-5-6-16-17(11-15)26-12-25-16)8-7-20-18(22)10-13-3-2-4-14(19)9-13/h2-6,9,11H,7-8,10,12H2,1H3,(H,20,22). The first-order valence-electron chi connectivity index (χ1n) is 8.21. The predicted molar refractivity (Wildman–Crippen MR) is 97.9 cm³/mol. The second-order valence-corrected chi connectivity index (χ2v) is 7.94. The number of amides is 1. The zero-order chi connectivity index (χ0) is 19.4. The van der Waals surface area contributed by atoms with Crippen molar-refractivity contribution < 1.29 is 27.1 Å². The maximum absolute atomic E-state index is 13.2. The minimum absolute atomic E-state index is 0.0145. The summed E-state index contributed by atoms with van der Waals surface area (Å²) in [5, 5.41) is 2.65. The predicted octanol–water partition coefficient (Wildman–Crippen LogP) is 1.68. The molecule has 2 aromatic carbocycles. The van der Waals surface area contributed by atoms with Crippen molar-refractivity contribution in [2.75, 3.05) is 30.4 Å². The summed E-state index contributed by atoms with van der Waals surface area (Å²) in [6, 6.07) is 10.6. The molecule has 0 bridgehead atoms. The molecule has 0 aromatic heterocycles. The lowest BCUT2D eigenvalue weighted by Crippen LogP contribution is -2.38. The normalized spacial score (nSPS) is 12.7. The van der Waals surface area contributed by atoms with Gasteiger partial charge >= 0.3 is 0 Å². The quantitative estimate of drug-likeness (QED) is 0.772. The molecular weight excluding hydrogens is 375 g/mol. The lowest BCUT2D eigenvalue weighted by molar-refractivity contribution is -0.120. The largest absolute Gasteiger partial charge is 0.454 e. The van der Waals surface area contributed by atoms with Gasteiger partial charge < -0.3 is 14.8 Å². The van der Waals surface area contributed by atoms with Crippen LogP contribution in [0.15, 0.2) is 42.5 Å². The summed E-state index contributed by atoms with van der Waals surface area (Å²) in [6.45, 7) is 0.247. The number of carbonyl (C=O) groups is 1. The van der Waals surface area contributed by atoms with E-state index in [1.54, 1.807) is 24.3 Å². The summed E-state index contributed by atoms with van der Waals surface area (Å²) in [5.41, 5.74) is 0.962. The van der Waals surface area contributed by atoms with Crippen LogP contribution in [0, 0.1) is 5.82 Å². The van der Waals surface area contributed by atoms with Crippen LogP contribution in [0.5, 0.6) is 11.5 Å². The first-order chi connectivity index (χ1) is 12.8. The number of ether oxygens (including phenoxy) is 2. The summed E-state index contributed by atoms with van der Waals surface area (Å²) in [7, 11) is -3.56. The fourth-order valence-corrected chi connectivity index (χ4v) is 3.64. The van der Waals surface area contributed by atoms with E-state index in [2.05, 4.69) is 5.32 Å². The minimum Gasteiger partial charge on any atom is -0.454 e. The lowest BCUT2D eigenvalue weighted by Gasteiger charge is -2.22. The Balaban J connectivity index is 1.62. The van der Waals surface area contributed by atoms with Gasteiger partial charge in [-0.25, -0.2) is 12.8 Å². The Hall–Kier alpha value is -2.81. The Morgan fingerprint density at radius 2 is 1.96 bits per heavy atom. The average Bonchev–Trinajstić information content (AvgIpc) is 3.05. The highest BCUT2D eigenvalue weighted by Gasteiger charge is 2.21. The molecule has 0 saturated carbocycles. The molecule has 2 aromatic rings. The highest BCUT2D eigenvalue weighted by atomic mass is 32.2. The summed E-state index contributed by atoms with van der Waals surface area (Å²) in [5.74, 6) is 0.290. The van der Waals surface area contributed by atoms with Crippen LogP contribution in [-0.2, 0) is 21.2 Å². The Morgan fingerprint density at radius 3 is 2.70 bits per heavy atom. The Kier molecular flexibility index (Phi) is 5.50. The van der Waals surface area contributed by atoms with E-state index in [-0.39, 0.29) is 32.2 Å². The second-order valence-electron chi connectivity index (χ2n) is 6.03. The number of sulfonamides is 1. The van der Waals surface area contributed by atoms with Crippen LogP contribution in [0.2, 0.25) is 0 Å². The average molecular weight is 394 g/mol.